The molecular weight excluding hydrogens is 256 g/mol. The van der Waals surface area contributed by atoms with Gasteiger partial charge in [0.1, 0.15) is 10.7 Å². The molecule has 18 heavy (non-hydrogen) atoms. The van der Waals surface area contributed by atoms with Crippen LogP contribution in [0.2, 0.25) is 0 Å². The van der Waals surface area contributed by atoms with E-state index in [9.17, 15) is 4.79 Å². The van der Waals surface area contributed by atoms with E-state index in [-0.39, 0.29) is 12.5 Å². The molecule has 102 valence electrons. The molecule has 0 bridgehead atoms. The lowest BCUT2D eigenvalue weighted by atomic mass is 10.4. The lowest BCUT2D eigenvalue weighted by Gasteiger charge is -2.15. The van der Waals surface area contributed by atoms with Crippen LogP contribution >= 0.6 is 11.5 Å². The Balaban J connectivity index is 2.32. The number of amides is 1. The number of aromatic nitrogens is 2. The number of hydrogen-bond donors (Lipinski definition) is 3. The zero-order chi connectivity index (χ0) is 13.4. The van der Waals surface area contributed by atoms with Gasteiger partial charge in [0.15, 0.2) is 0 Å². The number of nitrogens with two attached hydrogens (primary N) is 1. The molecule has 1 heterocycles. The Morgan fingerprint density at radius 2 is 2.39 bits per heavy atom. The topological polar surface area (TPSA) is 105 Å². The second-order valence-electron chi connectivity index (χ2n) is 3.71. The smallest absolute Gasteiger partial charge is 0.234 e. The highest BCUT2D eigenvalue weighted by atomic mass is 32.1. The van der Waals surface area contributed by atoms with E-state index < -0.39 is 0 Å². The molecule has 0 saturated carbocycles. The van der Waals surface area contributed by atoms with Crippen molar-refractivity contribution in [1.82, 2.24) is 19.8 Å². The highest BCUT2D eigenvalue weighted by Crippen LogP contribution is 2.16. The fourth-order valence-electron chi connectivity index (χ4n) is 1.33. The zero-order valence-corrected chi connectivity index (χ0v) is 11.3. The van der Waals surface area contributed by atoms with Crippen LogP contribution in [-0.2, 0) is 16.1 Å². The number of nitrogen functional groups attached to an aromatic ring is 1. The fraction of sp³-hybridized carbons (Fsp3) is 0.667. The molecule has 0 spiro atoms. The maximum atomic E-state index is 11.5. The summed E-state index contributed by atoms with van der Waals surface area (Å²) in [5.74, 6) is 5.27. The number of methoxy groups -OCH3 is 1. The van der Waals surface area contributed by atoms with Crippen LogP contribution in [0.4, 0.5) is 5.00 Å². The third-order valence-corrected chi connectivity index (χ3v) is 2.85. The highest BCUT2D eigenvalue weighted by Gasteiger charge is 2.12. The van der Waals surface area contributed by atoms with Gasteiger partial charge in [-0.1, -0.05) is 4.49 Å². The number of carbonyl (C=O) groups excluding carboxylic acids is 1. The summed E-state index contributed by atoms with van der Waals surface area (Å²) in [5, 5.41) is 7.40. The van der Waals surface area contributed by atoms with Gasteiger partial charge in [-0.25, -0.2) is 5.84 Å². The lowest BCUT2D eigenvalue weighted by Crippen LogP contribution is -2.36. The molecule has 0 atom stereocenters. The molecule has 0 aliphatic carbocycles. The van der Waals surface area contributed by atoms with E-state index in [1.54, 1.807) is 7.11 Å². The van der Waals surface area contributed by atoms with E-state index in [0.717, 1.165) is 5.69 Å². The summed E-state index contributed by atoms with van der Waals surface area (Å²) in [7, 11) is 3.42. The number of hydrazine groups is 1. The highest BCUT2D eigenvalue weighted by molar-refractivity contribution is 7.10. The maximum absolute atomic E-state index is 11.5. The first-order valence-corrected chi connectivity index (χ1v) is 6.16. The summed E-state index contributed by atoms with van der Waals surface area (Å²) in [4.78, 5) is 13.4. The molecule has 1 rings (SSSR count). The van der Waals surface area contributed by atoms with Crippen LogP contribution in [0.25, 0.3) is 0 Å². The summed E-state index contributed by atoms with van der Waals surface area (Å²) in [6.07, 6.45) is 0. The van der Waals surface area contributed by atoms with Crippen molar-refractivity contribution in [2.45, 2.75) is 6.54 Å². The summed E-state index contributed by atoms with van der Waals surface area (Å²) < 4.78 is 8.64. The van der Waals surface area contributed by atoms with Gasteiger partial charge in [-0.05, 0) is 7.05 Å². The quantitative estimate of drug-likeness (QED) is 0.318. The minimum absolute atomic E-state index is 0.0556. The van der Waals surface area contributed by atoms with Crippen LogP contribution in [0, 0.1) is 0 Å². The van der Waals surface area contributed by atoms with Crippen molar-refractivity contribution < 1.29 is 9.53 Å². The summed E-state index contributed by atoms with van der Waals surface area (Å²) in [5.41, 5.74) is 3.26. The lowest BCUT2D eigenvalue weighted by molar-refractivity contribution is -0.122. The Morgan fingerprint density at radius 1 is 1.61 bits per heavy atom. The van der Waals surface area contributed by atoms with Crippen LogP contribution < -0.4 is 16.6 Å². The fourth-order valence-corrected chi connectivity index (χ4v) is 1.81. The van der Waals surface area contributed by atoms with Crippen LogP contribution in [0.3, 0.4) is 0 Å². The van der Waals surface area contributed by atoms with E-state index in [1.807, 2.05) is 11.9 Å². The predicted octanol–water partition coefficient (Wildman–Crippen LogP) is -0.982. The number of rotatable bonds is 8. The van der Waals surface area contributed by atoms with E-state index in [1.165, 1.54) is 11.5 Å². The molecule has 1 aromatic heterocycles. The number of ether oxygens (including phenoxy) is 1. The molecule has 0 aromatic carbocycles. The molecule has 1 amide bonds. The number of hydrogen-bond acceptors (Lipinski definition) is 8. The van der Waals surface area contributed by atoms with Crippen LogP contribution in [0.15, 0.2) is 0 Å². The average Bonchev–Trinajstić information content (AvgIpc) is 2.76. The normalized spacial score (nSPS) is 10.7. The van der Waals surface area contributed by atoms with Gasteiger partial charge in [-0.2, -0.15) is 0 Å². The largest absolute Gasteiger partial charge is 0.383 e. The van der Waals surface area contributed by atoms with Gasteiger partial charge in [0.25, 0.3) is 0 Å². The minimum atomic E-state index is -0.0556. The molecule has 8 nitrogen and oxygen atoms in total. The Morgan fingerprint density at radius 3 is 3.06 bits per heavy atom. The van der Waals surface area contributed by atoms with Crippen molar-refractivity contribution in [3.05, 3.63) is 5.69 Å². The van der Waals surface area contributed by atoms with Gasteiger partial charge < -0.3 is 15.5 Å². The van der Waals surface area contributed by atoms with Crippen LogP contribution in [-0.4, -0.2) is 54.2 Å². The van der Waals surface area contributed by atoms with Crippen molar-refractivity contribution in [1.29, 1.82) is 0 Å². The molecular formula is C9H18N6O2S. The van der Waals surface area contributed by atoms with Crippen molar-refractivity contribution in [3.63, 3.8) is 0 Å². The Labute approximate surface area is 110 Å². The van der Waals surface area contributed by atoms with Gasteiger partial charge in [-0.15, -0.1) is 5.10 Å². The molecule has 0 aliphatic heterocycles. The van der Waals surface area contributed by atoms with Gasteiger partial charge in [-0.3, -0.25) is 9.69 Å². The van der Waals surface area contributed by atoms with Gasteiger partial charge in [0.2, 0.25) is 5.91 Å². The number of nitrogens with one attached hydrogen (secondary N) is 2. The first kappa shape index (κ1) is 14.8. The molecule has 0 radical (unpaired) electrons. The van der Waals surface area contributed by atoms with E-state index >= 15 is 0 Å². The molecule has 0 aliphatic rings. The molecule has 0 unspecified atom stereocenters. The van der Waals surface area contributed by atoms with Crippen molar-refractivity contribution in [3.8, 4) is 0 Å². The van der Waals surface area contributed by atoms with Crippen LogP contribution in [0.1, 0.15) is 5.69 Å². The monoisotopic (exact) mass is 274 g/mol. The standard InChI is InChI=1S/C9H18N6O2S/c1-15(6-8(16)11-3-4-17-2)5-7-9(12-10)18-14-13-7/h12H,3-6,10H2,1-2H3,(H,11,16). The number of likely N-dealkylation sites (N-methyl/N-ethyl adjacent to an activating group) is 1. The Hall–Kier alpha value is -1.29. The van der Waals surface area contributed by atoms with E-state index in [2.05, 4.69) is 20.3 Å². The second kappa shape index (κ2) is 7.93. The number of nitrogens with zero attached hydrogens (tertiary/aromatic N) is 3. The number of carbonyl (C=O) groups is 1. The SMILES string of the molecule is COCCNC(=O)CN(C)Cc1nnsc1NN. The molecule has 1 aromatic rings. The molecule has 0 fully saturated rings. The van der Waals surface area contributed by atoms with Gasteiger partial charge >= 0.3 is 0 Å². The second-order valence-corrected chi connectivity index (χ2v) is 4.46. The third kappa shape index (κ3) is 4.92. The summed E-state index contributed by atoms with van der Waals surface area (Å²) in [6.45, 7) is 1.81. The first-order chi connectivity index (χ1) is 8.67. The predicted molar refractivity (Wildman–Crippen MR) is 68.9 cm³/mol. The zero-order valence-electron chi connectivity index (χ0n) is 10.5. The van der Waals surface area contributed by atoms with E-state index in [4.69, 9.17) is 10.6 Å². The molecule has 0 saturated heterocycles. The minimum Gasteiger partial charge on any atom is -0.383 e. The van der Waals surface area contributed by atoms with Crippen LogP contribution in [0.5, 0.6) is 0 Å². The molecule has 9 heteroatoms. The average molecular weight is 274 g/mol. The first-order valence-electron chi connectivity index (χ1n) is 5.39. The summed E-state index contributed by atoms with van der Waals surface area (Å²) in [6, 6.07) is 0. The van der Waals surface area contributed by atoms with E-state index in [0.29, 0.717) is 24.7 Å². The Kier molecular flexibility index (Phi) is 6.50. The Bertz CT molecular complexity index is 372. The number of anilines is 1. The van der Waals surface area contributed by atoms with Crippen molar-refractivity contribution >= 4 is 22.4 Å². The van der Waals surface area contributed by atoms with Crippen molar-refractivity contribution in [2.75, 3.05) is 39.3 Å². The molecule has 4 N–H and O–H groups in total. The maximum Gasteiger partial charge on any atom is 0.234 e. The third-order valence-electron chi connectivity index (χ3n) is 2.15. The van der Waals surface area contributed by atoms with Gasteiger partial charge in [0.05, 0.1) is 13.2 Å². The van der Waals surface area contributed by atoms with Gasteiger partial charge in [0, 0.05) is 31.7 Å². The summed E-state index contributed by atoms with van der Waals surface area (Å²) >= 11 is 1.19. The van der Waals surface area contributed by atoms with Crippen molar-refractivity contribution in [2.24, 2.45) is 5.84 Å².